The van der Waals surface area contributed by atoms with E-state index in [4.69, 9.17) is 0 Å². The van der Waals surface area contributed by atoms with E-state index in [1.165, 1.54) is 5.57 Å². The van der Waals surface area contributed by atoms with Crippen molar-refractivity contribution < 1.29 is 0 Å². The summed E-state index contributed by atoms with van der Waals surface area (Å²) in [4.78, 5) is 0. The first-order valence-corrected chi connectivity index (χ1v) is 10.6. The fourth-order valence-corrected chi connectivity index (χ4v) is 3.79. The molecule has 1 aliphatic rings. The zero-order valence-electron chi connectivity index (χ0n) is 16.6. The molecule has 0 bridgehead atoms. The molecule has 0 saturated carbocycles. The van der Waals surface area contributed by atoms with Gasteiger partial charge < -0.3 is 10.6 Å². The summed E-state index contributed by atoms with van der Waals surface area (Å²) in [5.41, 5.74) is 1.36. The molecule has 0 radical (unpaired) electrons. The number of hydrogen-bond acceptors (Lipinski definition) is 3. The van der Waals surface area contributed by atoms with E-state index in [-0.39, 0.29) is 5.54 Å². The van der Waals surface area contributed by atoms with E-state index >= 15 is 0 Å². The van der Waals surface area contributed by atoms with Crippen molar-refractivity contribution in [2.45, 2.75) is 45.7 Å². The van der Waals surface area contributed by atoms with Gasteiger partial charge >= 0.3 is 0 Å². The average molecular weight is 361 g/mol. The molecular formula is C22H36N2S. The van der Waals surface area contributed by atoms with Gasteiger partial charge in [-0.1, -0.05) is 69.0 Å². The normalized spacial score (nSPS) is 31.4. The highest BCUT2D eigenvalue weighted by Gasteiger charge is 2.37. The second-order valence-corrected chi connectivity index (χ2v) is 7.95. The summed E-state index contributed by atoms with van der Waals surface area (Å²) in [5, 5.41) is 7.61. The minimum Gasteiger partial charge on any atom is -0.309 e. The first kappa shape index (κ1) is 22.0. The smallest absolute Gasteiger partial charge is 0.0418 e. The van der Waals surface area contributed by atoms with Gasteiger partial charge in [0.1, 0.15) is 0 Å². The Morgan fingerprint density at radius 3 is 2.68 bits per heavy atom. The van der Waals surface area contributed by atoms with Crippen molar-refractivity contribution in [3.8, 4) is 0 Å². The van der Waals surface area contributed by atoms with Crippen LogP contribution in [0.3, 0.4) is 0 Å². The maximum absolute atomic E-state index is 4.01. The van der Waals surface area contributed by atoms with Gasteiger partial charge in [0.2, 0.25) is 0 Å². The van der Waals surface area contributed by atoms with Crippen molar-refractivity contribution in [3.63, 3.8) is 0 Å². The molecule has 4 atom stereocenters. The van der Waals surface area contributed by atoms with Gasteiger partial charge in [-0.15, -0.1) is 11.8 Å². The first-order valence-electron chi connectivity index (χ1n) is 9.24. The highest BCUT2D eigenvalue weighted by atomic mass is 32.2. The maximum atomic E-state index is 4.01. The van der Waals surface area contributed by atoms with Crippen LogP contribution < -0.4 is 10.6 Å². The summed E-state index contributed by atoms with van der Waals surface area (Å²) in [6.45, 7) is 13.9. The summed E-state index contributed by atoms with van der Waals surface area (Å²) in [7, 11) is 0. The monoisotopic (exact) mass is 360 g/mol. The number of allylic oxidation sites excluding steroid dienone is 6. The molecule has 2 nitrogen and oxygen atoms in total. The Bertz CT molecular complexity index is 518. The minimum absolute atomic E-state index is 0.0115. The third-order valence-electron chi connectivity index (χ3n) is 4.94. The van der Waals surface area contributed by atoms with E-state index in [9.17, 15) is 0 Å². The summed E-state index contributed by atoms with van der Waals surface area (Å²) in [6.07, 6.45) is 20.2. The number of nitrogens with one attached hydrogen (secondary N) is 2. The number of thioether (sulfide) groups is 1. The molecular weight excluding hydrogens is 324 g/mol. The lowest BCUT2D eigenvalue weighted by molar-refractivity contribution is 0.214. The number of hydrogen-bond donors (Lipinski definition) is 2. The minimum atomic E-state index is 0.0115. The van der Waals surface area contributed by atoms with Gasteiger partial charge in [-0.2, -0.15) is 0 Å². The van der Waals surface area contributed by atoms with Gasteiger partial charge in [-0.25, -0.2) is 0 Å². The summed E-state index contributed by atoms with van der Waals surface area (Å²) in [6, 6.07) is 0.367. The lowest BCUT2D eigenvalue weighted by atomic mass is 9.77. The van der Waals surface area contributed by atoms with Crippen LogP contribution in [0.4, 0.5) is 0 Å². The predicted octanol–water partition coefficient (Wildman–Crippen LogP) is 5.09. The van der Waals surface area contributed by atoms with Gasteiger partial charge in [0.15, 0.2) is 0 Å². The lowest BCUT2D eigenvalue weighted by Crippen LogP contribution is -2.61. The summed E-state index contributed by atoms with van der Waals surface area (Å²) < 4.78 is 0. The Morgan fingerprint density at radius 1 is 1.32 bits per heavy atom. The largest absolute Gasteiger partial charge is 0.309 e. The quantitative estimate of drug-likeness (QED) is 0.466. The SMILES string of the molecule is C=CC1=CC(C)C(NCSC)C(C)(CC=CC=CC=CC)NCC1C. The van der Waals surface area contributed by atoms with E-state index in [2.05, 4.69) is 74.6 Å². The zero-order valence-corrected chi connectivity index (χ0v) is 17.4. The molecule has 3 heteroatoms. The molecule has 0 aromatic carbocycles. The fraction of sp³-hybridized carbons (Fsp3) is 0.545. The van der Waals surface area contributed by atoms with E-state index in [0.717, 1.165) is 18.8 Å². The van der Waals surface area contributed by atoms with Crippen molar-refractivity contribution in [2.75, 3.05) is 18.7 Å². The van der Waals surface area contributed by atoms with E-state index in [1.807, 2.05) is 36.9 Å². The summed E-state index contributed by atoms with van der Waals surface area (Å²) in [5.74, 6) is 1.89. The molecule has 1 heterocycles. The standard InChI is InChI=1S/C22H36N2S/c1-7-9-10-11-12-13-14-22(5)21(23-17-25-6)18(3)15-20(8-2)19(4)16-24-22/h7-13,15,18-19,21,23-24H,2,14,16-17H2,1,3-6H3. The van der Waals surface area contributed by atoms with Crippen LogP contribution in [-0.4, -0.2) is 30.3 Å². The van der Waals surface area contributed by atoms with Crippen LogP contribution in [-0.2, 0) is 0 Å². The van der Waals surface area contributed by atoms with Crippen molar-refractivity contribution in [1.82, 2.24) is 10.6 Å². The van der Waals surface area contributed by atoms with Crippen LogP contribution in [0.2, 0.25) is 0 Å². The molecule has 0 spiro atoms. The molecule has 2 N–H and O–H groups in total. The zero-order chi connectivity index (χ0) is 18.7. The van der Waals surface area contributed by atoms with Gasteiger partial charge in [-0.3, -0.25) is 0 Å². The van der Waals surface area contributed by atoms with Gasteiger partial charge in [0, 0.05) is 24.0 Å². The molecule has 0 saturated heterocycles. The van der Waals surface area contributed by atoms with Crippen molar-refractivity contribution >= 4 is 11.8 Å². The highest BCUT2D eigenvalue weighted by molar-refractivity contribution is 7.98. The Balaban J connectivity index is 3.01. The third-order valence-corrected chi connectivity index (χ3v) is 5.39. The number of rotatable bonds is 8. The fourth-order valence-electron chi connectivity index (χ4n) is 3.44. The van der Waals surface area contributed by atoms with Gasteiger partial charge in [-0.05, 0) is 43.9 Å². The topological polar surface area (TPSA) is 24.1 Å². The van der Waals surface area contributed by atoms with Crippen molar-refractivity contribution in [2.24, 2.45) is 11.8 Å². The molecule has 4 unspecified atom stereocenters. The molecule has 140 valence electrons. The van der Waals surface area contributed by atoms with Crippen LogP contribution in [0.15, 0.2) is 60.8 Å². The van der Waals surface area contributed by atoms with Crippen LogP contribution in [0, 0.1) is 11.8 Å². The van der Waals surface area contributed by atoms with Crippen molar-refractivity contribution in [3.05, 3.63) is 60.8 Å². The summed E-state index contributed by atoms with van der Waals surface area (Å²) >= 11 is 1.84. The molecule has 1 aliphatic heterocycles. The van der Waals surface area contributed by atoms with E-state index < -0.39 is 0 Å². The molecule has 1 rings (SSSR count). The molecule has 0 amide bonds. The molecule has 25 heavy (non-hydrogen) atoms. The van der Waals surface area contributed by atoms with E-state index in [1.54, 1.807) is 0 Å². The second kappa shape index (κ2) is 11.6. The Hall–Kier alpha value is -1.03. The van der Waals surface area contributed by atoms with Crippen molar-refractivity contribution in [1.29, 1.82) is 0 Å². The predicted molar refractivity (Wildman–Crippen MR) is 116 cm³/mol. The molecule has 0 aromatic rings. The van der Waals surface area contributed by atoms with Crippen LogP contribution in [0.5, 0.6) is 0 Å². The Kier molecular flexibility index (Phi) is 10.2. The molecule has 0 aliphatic carbocycles. The second-order valence-electron chi connectivity index (χ2n) is 7.09. The van der Waals surface area contributed by atoms with Crippen LogP contribution in [0.1, 0.15) is 34.1 Å². The van der Waals surface area contributed by atoms with Crippen LogP contribution in [0.25, 0.3) is 0 Å². The third kappa shape index (κ3) is 7.01. The van der Waals surface area contributed by atoms with Gasteiger partial charge in [0.05, 0.1) is 0 Å². The average Bonchev–Trinajstić information content (AvgIpc) is 2.60. The molecule has 0 aromatic heterocycles. The first-order chi connectivity index (χ1) is 12.0. The Morgan fingerprint density at radius 2 is 2.04 bits per heavy atom. The van der Waals surface area contributed by atoms with E-state index in [0.29, 0.717) is 17.9 Å². The molecule has 0 fully saturated rings. The maximum Gasteiger partial charge on any atom is 0.0418 e. The highest BCUT2D eigenvalue weighted by Crippen LogP contribution is 2.29. The lowest BCUT2D eigenvalue weighted by Gasteiger charge is -2.44. The Labute approximate surface area is 159 Å². The van der Waals surface area contributed by atoms with Crippen LogP contribution >= 0.6 is 11.8 Å². The van der Waals surface area contributed by atoms with Gasteiger partial charge in [0.25, 0.3) is 0 Å².